The molecule has 0 heterocycles. The summed E-state index contributed by atoms with van der Waals surface area (Å²) in [6.45, 7) is 3.05. The number of nitrogens with two attached hydrogens (primary N) is 2. The average Bonchev–Trinajstić information content (AvgIpc) is 2.61. The highest BCUT2D eigenvalue weighted by Crippen LogP contribution is 2.21. The second kappa shape index (κ2) is 14.9. The summed E-state index contributed by atoms with van der Waals surface area (Å²) in [7, 11) is 0. The molecule has 0 aliphatic rings. The molecule has 0 saturated carbocycles. The predicted molar refractivity (Wildman–Crippen MR) is 111 cm³/mol. The van der Waals surface area contributed by atoms with Gasteiger partial charge in [0, 0.05) is 6.07 Å². The van der Waals surface area contributed by atoms with Gasteiger partial charge in [-0.05, 0) is 18.6 Å². The lowest BCUT2D eigenvalue weighted by molar-refractivity contribution is 0.304. The van der Waals surface area contributed by atoms with E-state index in [1.165, 1.54) is 83.5 Å². The molecule has 0 fully saturated rings. The highest BCUT2D eigenvalue weighted by molar-refractivity contribution is 5.65. The van der Waals surface area contributed by atoms with Crippen LogP contribution in [0.2, 0.25) is 0 Å². The van der Waals surface area contributed by atoms with Gasteiger partial charge in [-0.15, -0.1) is 0 Å². The SMILES string of the molecule is CCCCCCCCCCCCCCCCOc1ccc(N)c(N)c1. The first kappa shape index (κ1) is 21.7. The van der Waals surface area contributed by atoms with E-state index in [4.69, 9.17) is 16.2 Å². The van der Waals surface area contributed by atoms with Crippen molar-refractivity contribution in [1.82, 2.24) is 0 Å². The first-order valence-electron chi connectivity index (χ1n) is 10.5. The van der Waals surface area contributed by atoms with Crippen LogP contribution in [-0.2, 0) is 0 Å². The van der Waals surface area contributed by atoms with Crippen LogP contribution in [0, 0.1) is 0 Å². The van der Waals surface area contributed by atoms with Gasteiger partial charge in [0.15, 0.2) is 0 Å². The molecule has 144 valence electrons. The van der Waals surface area contributed by atoms with E-state index in [2.05, 4.69) is 6.92 Å². The summed E-state index contributed by atoms with van der Waals surface area (Å²) in [5.41, 5.74) is 12.7. The summed E-state index contributed by atoms with van der Waals surface area (Å²) in [5, 5.41) is 0. The molecule has 0 atom stereocenters. The van der Waals surface area contributed by atoms with Gasteiger partial charge >= 0.3 is 0 Å². The van der Waals surface area contributed by atoms with Crippen molar-refractivity contribution < 1.29 is 4.74 Å². The van der Waals surface area contributed by atoms with Crippen LogP contribution in [0.25, 0.3) is 0 Å². The molecule has 0 unspecified atom stereocenters. The van der Waals surface area contributed by atoms with Gasteiger partial charge in [-0.25, -0.2) is 0 Å². The molecule has 1 rings (SSSR count). The van der Waals surface area contributed by atoms with E-state index in [1.807, 2.05) is 6.07 Å². The topological polar surface area (TPSA) is 61.3 Å². The van der Waals surface area contributed by atoms with Gasteiger partial charge in [-0.3, -0.25) is 0 Å². The molecule has 0 amide bonds. The highest BCUT2D eigenvalue weighted by atomic mass is 16.5. The summed E-state index contributed by atoms with van der Waals surface area (Å²) >= 11 is 0. The summed E-state index contributed by atoms with van der Waals surface area (Å²) in [5.74, 6) is 0.821. The third-order valence-electron chi connectivity index (χ3n) is 4.82. The number of rotatable bonds is 16. The number of unbranched alkanes of at least 4 members (excludes halogenated alkanes) is 13. The Hall–Kier alpha value is -1.38. The molecule has 0 aromatic heterocycles. The van der Waals surface area contributed by atoms with E-state index in [1.54, 1.807) is 12.1 Å². The molecule has 3 nitrogen and oxygen atoms in total. The zero-order valence-corrected chi connectivity index (χ0v) is 16.4. The molecule has 3 heteroatoms. The lowest BCUT2D eigenvalue weighted by atomic mass is 10.0. The zero-order valence-electron chi connectivity index (χ0n) is 16.4. The van der Waals surface area contributed by atoms with Gasteiger partial charge in [0.25, 0.3) is 0 Å². The molecule has 1 aromatic carbocycles. The molecule has 0 radical (unpaired) electrons. The van der Waals surface area contributed by atoms with Gasteiger partial charge in [-0.2, -0.15) is 0 Å². The Labute approximate surface area is 155 Å². The smallest absolute Gasteiger partial charge is 0.121 e. The summed E-state index contributed by atoms with van der Waals surface area (Å²) in [4.78, 5) is 0. The second-order valence-corrected chi connectivity index (χ2v) is 7.24. The maximum Gasteiger partial charge on any atom is 0.121 e. The Morgan fingerprint density at radius 3 is 1.60 bits per heavy atom. The van der Waals surface area contributed by atoms with E-state index in [0.717, 1.165) is 18.8 Å². The van der Waals surface area contributed by atoms with Crippen LogP contribution < -0.4 is 16.2 Å². The first-order chi connectivity index (χ1) is 12.2. The van der Waals surface area contributed by atoms with Crippen molar-refractivity contribution >= 4 is 11.4 Å². The van der Waals surface area contributed by atoms with Crippen molar-refractivity contribution in [1.29, 1.82) is 0 Å². The van der Waals surface area contributed by atoms with Gasteiger partial charge < -0.3 is 16.2 Å². The van der Waals surface area contributed by atoms with Crippen LogP contribution in [-0.4, -0.2) is 6.61 Å². The molecule has 0 aliphatic carbocycles. The molecule has 25 heavy (non-hydrogen) atoms. The van der Waals surface area contributed by atoms with Crippen molar-refractivity contribution in [3.05, 3.63) is 18.2 Å². The van der Waals surface area contributed by atoms with E-state index in [9.17, 15) is 0 Å². The number of nitrogen functional groups attached to an aromatic ring is 2. The molecule has 1 aromatic rings. The standard InChI is InChI=1S/C22H40N2O/c1-2-3-4-5-6-7-8-9-10-11-12-13-14-15-18-25-20-16-17-21(23)22(24)19-20/h16-17,19H,2-15,18,23-24H2,1H3. The lowest BCUT2D eigenvalue weighted by Crippen LogP contribution is -1.99. The fraction of sp³-hybridized carbons (Fsp3) is 0.727. The Balaban J connectivity index is 1.81. The summed E-state index contributed by atoms with van der Waals surface area (Å²) in [6.07, 6.45) is 19.3. The van der Waals surface area contributed by atoms with Crippen LogP contribution in [0.1, 0.15) is 96.8 Å². The minimum Gasteiger partial charge on any atom is -0.494 e. The van der Waals surface area contributed by atoms with E-state index < -0.39 is 0 Å². The molecule has 0 bridgehead atoms. The summed E-state index contributed by atoms with van der Waals surface area (Å²) in [6, 6.07) is 5.49. The van der Waals surface area contributed by atoms with E-state index >= 15 is 0 Å². The van der Waals surface area contributed by atoms with Gasteiger partial charge in [0.2, 0.25) is 0 Å². The van der Waals surface area contributed by atoms with Crippen molar-refractivity contribution in [2.24, 2.45) is 0 Å². The zero-order chi connectivity index (χ0) is 18.2. The Kier molecular flexibility index (Phi) is 12.9. The monoisotopic (exact) mass is 348 g/mol. The molecule has 0 aliphatic heterocycles. The van der Waals surface area contributed by atoms with Crippen molar-refractivity contribution in [3.8, 4) is 5.75 Å². The highest BCUT2D eigenvalue weighted by Gasteiger charge is 1.98. The first-order valence-corrected chi connectivity index (χ1v) is 10.5. The van der Waals surface area contributed by atoms with Gasteiger partial charge in [-0.1, -0.05) is 90.4 Å². The van der Waals surface area contributed by atoms with Crippen LogP contribution in [0.5, 0.6) is 5.75 Å². The van der Waals surface area contributed by atoms with Crippen LogP contribution in [0.4, 0.5) is 11.4 Å². The fourth-order valence-corrected chi connectivity index (χ4v) is 3.13. The number of hydrogen-bond acceptors (Lipinski definition) is 3. The minimum atomic E-state index is 0.596. The summed E-state index contributed by atoms with van der Waals surface area (Å²) < 4.78 is 5.71. The van der Waals surface area contributed by atoms with Crippen LogP contribution in [0.15, 0.2) is 18.2 Å². The van der Waals surface area contributed by atoms with E-state index in [-0.39, 0.29) is 0 Å². The maximum absolute atomic E-state index is 5.77. The third-order valence-corrected chi connectivity index (χ3v) is 4.82. The Morgan fingerprint density at radius 1 is 0.640 bits per heavy atom. The lowest BCUT2D eigenvalue weighted by Gasteiger charge is -2.08. The minimum absolute atomic E-state index is 0.596. The number of benzene rings is 1. The molecule has 0 spiro atoms. The van der Waals surface area contributed by atoms with Crippen molar-refractivity contribution in [2.75, 3.05) is 18.1 Å². The normalized spacial score (nSPS) is 10.9. The molecule has 0 saturated heterocycles. The average molecular weight is 349 g/mol. The number of hydrogen-bond donors (Lipinski definition) is 2. The molecular formula is C22H40N2O. The second-order valence-electron chi connectivity index (χ2n) is 7.24. The van der Waals surface area contributed by atoms with Crippen molar-refractivity contribution in [2.45, 2.75) is 96.8 Å². The van der Waals surface area contributed by atoms with Gasteiger partial charge in [0.05, 0.1) is 18.0 Å². The third kappa shape index (κ3) is 11.7. The molecular weight excluding hydrogens is 308 g/mol. The van der Waals surface area contributed by atoms with Crippen LogP contribution >= 0.6 is 0 Å². The largest absolute Gasteiger partial charge is 0.494 e. The number of anilines is 2. The van der Waals surface area contributed by atoms with E-state index in [0.29, 0.717) is 11.4 Å². The maximum atomic E-state index is 5.77. The Morgan fingerprint density at radius 2 is 1.12 bits per heavy atom. The molecule has 4 N–H and O–H groups in total. The predicted octanol–water partition coefficient (Wildman–Crippen LogP) is 6.71. The fourth-order valence-electron chi connectivity index (χ4n) is 3.13. The number of ether oxygens (including phenoxy) is 1. The van der Waals surface area contributed by atoms with Crippen LogP contribution in [0.3, 0.4) is 0 Å². The van der Waals surface area contributed by atoms with Crippen molar-refractivity contribution in [3.63, 3.8) is 0 Å². The quantitative estimate of drug-likeness (QED) is 0.258. The van der Waals surface area contributed by atoms with Gasteiger partial charge in [0.1, 0.15) is 5.75 Å². The Bertz CT molecular complexity index is 434.